The minimum Gasteiger partial charge on any atom is -0.375 e. The second-order valence-electron chi connectivity index (χ2n) is 4.26. The molecule has 17 heavy (non-hydrogen) atoms. The predicted molar refractivity (Wildman–Crippen MR) is 64.1 cm³/mol. The number of carbonyl (C=O) groups excluding carboxylic acids is 1. The summed E-state index contributed by atoms with van der Waals surface area (Å²) in [6.07, 6.45) is 3.09. The summed E-state index contributed by atoms with van der Waals surface area (Å²) >= 11 is 0. The van der Waals surface area contributed by atoms with E-state index in [4.69, 9.17) is 4.74 Å². The molecule has 1 saturated heterocycles. The van der Waals surface area contributed by atoms with Crippen molar-refractivity contribution < 1.29 is 9.53 Å². The molecule has 1 aliphatic rings. The summed E-state index contributed by atoms with van der Waals surface area (Å²) < 4.78 is 7.31. The van der Waals surface area contributed by atoms with E-state index in [0.29, 0.717) is 18.7 Å². The highest BCUT2D eigenvalue weighted by molar-refractivity contribution is 5.94. The number of aromatic nitrogens is 2. The lowest BCUT2D eigenvalue weighted by Gasteiger charge is -2.22. The first-order valence-electron chi connectivity index (χ1n) is 6.18. The van der Waals surface area contributed by atoms with Crippen molar-refractivity contribution in [2.75, 3.05) is 19.7 Å². The molecular weight excluding hydrogens is 218 g/mol. The van der Waals surface area contributed by atoms with Gasteiger partial charge in [-0.2, -0.15) is 5.10 Å². The van der Waals surface area contributed by atoms with Crippen LogP contribution >= 0.6 is 0 Å². The molecule has 0 spiro atoms. The Balaban J connectivity index is 1.96. The van der Waals surface area contributed by atoms with E-state index in [2.05, 4.69) is 17.3 Å². The van der Waals surface area contributed by atoms with Gasteiger partial charge in [0, 0.05) is 32.3 Å². The third-order valence-electron chi connectivity index (χ3n) is 2.86. The average Bonchev–Trinajstić information content (AvgIpc) is 2.79. The topological polar surface area (TPSA) is 56.2 Å². The lowest BCUT2D eigenvalue weighted by Crippen LogP contribution is -2.39. The van der Waals surface area contributed by atoms with Gasteiger partial charge in [-0.1, -0.05) is 6.92 Å². The van der Waals surface area contributed by atoms with E-state index in [1.807, 2.05) is 0 Å². The van der Waals surface area contributed by atoms with Crippen LogP contribution in [0.15, 0.2) is 12.3 Å². The van der Waals surface area contributed by atoms with Crippen LogP contribution in [0.2, 0.25) is 0 Å². The van der Waals surface area contributed by atoms with Crippen molar-refractivity contribution in [3.05, 3.63) is 18.0 Å². The first kappa shape index (κ1) is 12.3. The Morgan fingerprint density at radius 3 is 3.29 bits per heavy atom. The van der Waals surface area contributed by atoms with E-state index in [1.165, 1.54) is 0 Å². The van der Waals surface area contributed by atoms with Crippen LogP contribution in [0, 0.1) is 0 Å². The predicted octanol–water partition coefficient (Wildman–Crippen LogP) is 0.854. The van der Waals surface area contributed by atoms with Gasteiger partial charge in [-0.05, 0) is 12.5 Å². The summed E-state index contributed by atoms with van der Waals surface area (Å²) in [6.45, 7) is 5.18. The molecule has 0 radical (unpaired) electrons. The SMILES string of the molecule is CCCn1nccc1C(=O)CC1CNCCO1. The van der Waals surface area contributed by atoms with E-state index in [9.17, 15) is 4.79 Å². The number of hydrogen-bond acceptors (Lipinski definition) is 4. The molecule has 1 atom stereocenters. The molecule has 1 aromatic heterocycles. The first-order valence-corrected chi connectivity index (χ1v) is 6.18. The number of nitrogens with one attached hydrogen (secondary N) is 1. The summed E-state index contributed by atoms with van der Waals surface area (Å²) in [5.41, 5.74) is 0.695. The zero-order valence-corrected chi connectivity index (χ0v) is 10.2. The van der Waals surface area contributed by atoms with Crippen LogP contribution in [-0.2, 0) is 11.3 Å². The Morgan fingerprint density at radius 1 is 1.71 bits per heavy atom. The lowest BCUT2D eigenvalue weighted by atomic mass is 10.1. The molecule has 5 heteroatoms. The highest BCUT2D eigenvalue weighted by Crippen LogP contribution is 2.09. The van der Waals surface area contributed by atoms with Crippen molar-refractivity contribution in [3.63, 3.8) is 0 Å². The van der Waals surface area contributed by atoms with E-state index < -0.39 is 0 Å². The number of aryl methyl sites for hydroxylation is 1. The van der Waals surface area contributed by atoms with Crippen LogP contribution in [0.5, 0.6) is 0 Å². The van der Waals surface area contributed by atoms with Gasteiger partial charge in [-0.15, -0.1) is 0 Å². The van der Waals surface area contributed by atoms with Gasteiger partial charge in [0.15, 0.2) is 5.78 Å². The van der Waals surface area contributed by atoms with Gasteiger partial charge < -0.3 is 10.1 Å². The van der Waals surface area contributed by atoms with Crippen LogP contribution in [0.25, 0.3) is 0 Å². The summed E-state index contributed by atoms with van der Waals surface area (Å²) in [7, 11) is 0. The van der Waals surface area contributed by atoms with E-state index >= 15 is 0 Å². The van der Waals surface area contributed by atoms with Gasteiger partial charge in [0.05, 0.1) is 12.7 Å². The maximum Gasteiger partial charge on any atom is 0.183 e. The first-order chi connectivity index (χ1) is 8.31. The Hall–Kier alpha value is -1.20. The molecule has 0 bridgehead atoms. The van der Waals surface area contributed by atoms with E-state index in [1.54, 1.807) is 16.9 Å². The smallest absolute Gasteiger partial charge is 0.183 e. The van der Waals surface area contributed by atoms with Crippen molar-refractivity contribution >= 4 is 5.78 Å². The maximum atomic E-state index is 12.1. The molecule has 1 unspecified atom stereocenters. The highest BCUT2D eigenvalue weighted by atomic mass is 16.5. The van der Waals surface area contributed by atoms with Crippen LogP contribution < -0.4 is 5.32 Å². The summed E-state index contributed by atoms with van der Waals surface area (Å²) in [4.78, 5) is 12.1. The fraction of sp³-hybridized carbons (Fsp3) is 0.667. The van der Waals surface area contributed by atoms with Gasteiger partial charge >= 0.3 is 0 Å². The molecule has 1 fully saturated rings. The Labute approximate surface area is 101 Å². The standard InChI is InChI=1S/C12H19N3O2/c1-2-6-15-11(3-4-14-15)12(16)8-10-9-13-5-7-17-10/h3-4,10,13H,2,5-9H2,1H3. The summed E-state index contributed by atoms with van der Waals surface area (Å²) in [5.74, 6) is 0.115. The van der Waals surface area contributed by atoms with Crippen molar-refractivity contribution in [2.45, 2.75) is 32.4 Å². The number of rotatable bonds is 5. The molecule has 94 valence electrons. The van der Waals surface area contributed by atoms with E-state index in [-0.39, 0.29) is 11.9 Å². The zero-order chi connectivity index (χ0) is 12.1. The average molecular weight is 237 g/mol. The molecule has 5 nitrogen and oxygen atoms in total. The van der Waals surface area contributed by atoms with Crippen LogP contribution in [0.1, 0.15) is 30.3 Å². The second kappa shape index (κ2) is 5.93. The molecule has 0 amide bonds. The highest BCUT2D eigenvalue weighted by Gasteiger charge is 2.20. The minimum absolute atomic E-state index is 0.00114. The third kappa shape index (κ3) is 3.14. The van der Waals surface area contributed by atoms with Gasteiger partial charge in [0.1, 0.15) is 5.69 Å². The lowest BCUT2D eigenvalue weighted by molar-refractivity contribution is 0.0237. The van der Waals surface area contributed by atoms with Gasteiger partial charge in [-0.25, -0.2) is 0 Å². The van der Waals surface area contributed by atoms with Crippen molar-refractivity contribution in [1.29, 1.82) is 0 Å². The van der Waals surface area contributed by atoms with Crippen LogP contribution in [0.3, 0.4) is 0 Å². The zero-order valence-electron chi connectivity index (χ0n) is 10.2. The van der Waals surface area contributed by atoms with E-state index in [0.717, 1.165) is 26.1 Å². The van der Waals surface area contributed by atoms with Crippen molar-refractivity contribution in [2.24, 2.45) is 0 Å². The normalized spacial score (nSPS) is 20.4. The molecule has 0 saturated carbocycles. The second-order valence-corrected chi connectivity index (χ2v) is 4.26. The molecular formula is C12H19N3O2. The largest absolute Gasteiger partial charge is 0.375 e. The number of ether oxygens (including phenoxy) is 1. The number of nitrogens with zero attached hydrogens (tertiary/aromatic N) is 2. The third-order valence-corrected chi connectivity index (χ3v) is 2.86. The number of carbonyl (C=O) groups is 1. The molecule has 1 aromatic rings. The quantitative estimate of drug-likeness (QED) is 0.771. The Morgan fingerprint density at radius 2 is 2.59 bits per heavy atom. The molecule has 1 N–H and O–H groups in total. The number of morpholine rings is 1. The monoisotopic (exact) mass is 237 g/mol. The Bertz CT molecular complexity index is 370. The Kier molecular flexibility index (Phi) is 4.28. The maximum absolute atomic E-state index is 12.1. The number of hydrogen-bond donors (Lipinski definition) is 1. The summed E-state index contributed by atoms with van der Waals surface area (Å²) in [5, 5.41) is 7.39. The van der Waals surface area contributed by atoms with Gasteiger partial charge in [0.25, 0.3) is 0 Å². The van der Waals surface area contributed by atoms with Crippen molar-refractivity contribution in [1.82, 2.24) is 15.1 Å². The van der Waals surface area contributed by atoms with Crippen LogP contribution in [-0.4, -0.2) is 41.4 Å². The van der Waals surface area contributed by atoms with Gasteiger partial charge in [0.2, 0.25) is 0 Å². The number of Topliss-reactive ketones (excluding diaryl/α,β-unsaturated/α-hetero) is 1. The van der Waals surface area contributed by atoms with Gasteiger partial charge in [-0.3, -0.25) is 9.48 Å². The molecule has 2 rings (SSSR count). The summed E-state index contributed by atoms with van der Waals surface area (Å²) in [6, 6.07) is 1.79. The fourth-order valence-electron chi connectivity index (χ4n) is 2.02. The fourth-order valence-corrected chi connectivity index (χ4v) is 2.02. The van der Waals surface area contributed by atoms with Crippen molar-refractivity contribution in [3.8, 4) is 0 Å². The molecule has 1 aliphatic heterocycles. The molecule has 2 heterocycles. The molecule has 0 aromatic carbocycles. The number of ketones is 1. The molecule has 0 aliphatic carbocycles. The van der Waals surface area contributed by atoms with Crippen LogP contribution in [0.4, 0.5) is 0 Å². The minimum atomic E-state index is 0.00114.